The summed E-state index contributed by atoms with van der Waals surface area (Å²) in [5.74, 6) is -0.0892. The third-order valence-corrected chi connectivity index (χ3v) is 7.48. The van der Waals surface area contributed by atoms with Crippen LogP contribution >= 0.6 is 0 Å². The van der Waals surface area contributed by atoms with Crippen molar-refractivity contribution in [3.8, 4) is 11.5 Å². The standard InChI is InChI=1S/C23H27N5O7S2/c1-3-12-33-27-23(24)28-34-19-13-17(2)14-20(15-19)35-37(31,32)22-7-5-4-6-21(22)36(29,30)26-16-18-8-10-25-11-9-18/h4-11,13-15,26H,3,12,16H2,1-2H3,(H3,24,27,28). The molecule has 0 unspecified atom stereocenters. The van der Waals surface area contributed by atoms with Crippen molar-refractivity contribution in [3.63, 3.8) is 0 Å². The van der Waals surface area contributed by atoms with Crippen LogP contribution in [-0.4, -0.2) is 34.4 Å². The second-order valence-electron chi connectivity index (χ2n) is 7.66. The average Bonchev–Trinajstić information content (AvgIpc) is 2.86. The lowest BCUT2D eigenvalue weighted by Crippen LogP contribution is -2.34. The summed E-state index contributed by atoms with van der Waals surface area (Å²) >= 11 is 0. The van der Waals surface area contributed by atoms with E-state index in [9.17, 15) is 16.8 Å². The Balaban J connectivity index is 1.80. The minimum Gasteiger partial charge on any atom is -0.393 e. The zero-order chi connectivity index (χ0) is 26.9. The van der Waals surface area contributed by atoms with E-state index in [4.69, 9.17) is 19.6 Å². The monoisotopic (exact) mass is 549 g/mol. The van der Waals surface area contributed by atoms with Crippen LogP contribution in [0.1, 0.15) is 24.5 Å². The number of sulfonamides is 1. The summed E-state index contributed by atoms with van der Waals surface area (Å²) in [4.78, 5) is 13.2. The van der Waals surface area contributed by atoms with Gasteiger partial charge in [0.25, 0.3) is 5.96 Å². The summed E-state index contributed by atoms with van der Waals surface area (Å²) < 4.78 is 59.9. The summed E-state index contributed by atoms with van der Waals surface area (Å²) in [6.45, 7) is 3.92. The Labute approximate surface area is 215 Å². The number of hydroxylamine groups is 1. The van der Waals surface area contributed by atoms with Gasteiger partial charge in [0.15, 0.2) is 5.75 Å². The van der Waals surface area contributed by atoms with Crippen LogP contribution < -0.4 is 25.0 Å². The quantitative estimate of drug-likeness (QED) is 0.0999. The van der Waals surface area contributed by atoms with Gasteiger partial charge in [-0.25, -0.2) is 13.1 Å². The number of aromatic nitrogens is 1. The van der Waals surface area contributed by atoms with Crippen LogP contribution in [0.3, 0.4) is 0 Å². The minimum atomic E-state index is -4.56. The van der Waals surface area contributed by atoms with Crippen molar-refractivity contribution in [1.82, 2.24) is 15.2 Å². The Hall–Kier alpha value is -3.88. The molecule has 14 heteroatoms. The van der Waals surface area contributed by atoms with E-state index in [2.05, 4.69) is 20.3 Å². The third-order valence-electron chi connectivity index (χ3n) is 4.59. The van der Waals surface area contributed by atoms with Crippen molar-refractivity contribution in [2.24, 2.45) is 10.9 Å². The second kappa shape index (κ2) is 12.4. The van der Waals surface area contributed by atoms with E-state index in [0.29, 0.717) is 17.7 Å². The normalized spacial score (nSPS) is 12.1. The van der Waals surface area contributed by atoms with Crippen molar-refractivity contribution in [3.05, 3.63) is 78.1 Å². The highest BCUT2D eigenvalue weighted by Gasteiger charge is 2.28. The summed E-state index contributed by atoms with van der Waals surface area (Å²) in [6.07, 6.45) is 3.79. The molecule has 0 aliphatic carbocycles. The van der Waals surface area contributed by atoms with E-state index in [0.717, 1.165) is 12.5 Å². The van der Waals surface area contributed by atoms with Crippen molar-refractivity contribution in [1.29, 1.82) is 0 Å². The van der Waals surface area contributed by atoms with Crippen molar-refractivity contribution in [2.75, 3.05) is 6.61 Å². The van der Waals surface area contributed by atoms with Gasteiger partial charge in [-0.2, -0.15) is 13.9 Å². The smallest absolute Gasteiger partial charge is 0.340 e. The molecule has 0 saturated heterocycles. The molecule has 1 heterocycles. The summed E-state index contributed by atoms with van der Waals surface area (Å²) in [7, 11) is -8.78. The molecule has 4 N–H and O–H groups in total. The number of guanidine groups is 1. The van der Waals surface area contributed by atoms with Crippen LogP contribution in [0.25, 0.3) is 0 Å². The summed E-state index contributed by atoms with van der Waals surface area (Å²) in [6, 6.07) is 12.8. The number of hydrogen-bond acceptors (Lipinski definition) is 9. The maximum atomic E-state index is 13.1. The number of nitrogens with two attached hydrogens (primary N) is 1. The fourth-order valence-electron chi connectivity index (χ4n) is 2.96. The fraction of sp³-hybridized carbons (Fsp3) is 0.217. The molecule has 0 fully saturated rings. The van der Waals surface area contributed by atoms with Gasteiger partial charge in [0.05, 0.1) is 0 Å². The average molecular weight is 550 g/mol. The van der Waals surface area contributed by atoms with Gasteiger partial charge in [-0.05, 0) is 66.0 Å². The highest BCUT2D eigenvalue weighted by atomic mass is 32.2. The van der Waals surface area contributed by atoms with E-state index >= 15 is 0 Å². The Bertz CT molecular complexity index is 1450. The fourth-order valence-corrected chi connectivity index (χ4v) is 5.70. The zero-order valence-corrected chi connectivity index (χ0v) is 21.8. The summed E-state index contributed by atoms with van der Waals surface area (Å²) in [5.41, 5.74) is 9.25. The first kappa shape index (κ1) is 27.7. The van der Waals surface area contributed by atoms with Gasteiger partial charge < -0.3 is 19.6 Å². The first-order valence-corrected chi connectivity index (χ1v) is 13.9. The number of nitrogens with one attached hydrogen (secondary N) is 2. The molecule has 3 rings (SSSR count). The molecule has 0 amide bonds. The van der Waals surface area contributed by atoms with Gasteiger partial charge in [0.2, 0.25) is 10.0 Å². The molecule has 3 aromatic rings. The first-order chi connectivity index (χ1) is 17.6. The predicted molar refractivity (Wildman–Crippen MR) is 135 cm³/mol. The third kappa shape index (κ3) is 8.06. The van der Waals surface area contributed by atoms with Gasteiger partial charge in [-0.15, -0.1) is 0 Å². The minimum absolute atomic E-state index is 0.0540. The maximum Gasteiger partial charge on any atom is 0.340 e. The van der Waals surface area contributed by atoms with Crippen LogP contribution in [0.2, 0.25) is 0 Å². The lowest BCUT2D eigenvalue weighted by Gasteiger charge is -2.14. The van der Waals surface area contributed by atoms with Gasteiger partial charge >= 0.3 is 10.1 Å². The van der Waals surface area contributed by atoms with Gasteiger partial charge in [0, 0.05) is 25.0 Å². The SMILES string of the molecule is CCCON=C(N)NOc1cc(C)cc(OS(=O)(=O)c2ccccc2S(=O)(=O)NCc2ccncc2)c1. The molecule has 1 aromatic heterocycles. The molecule has 12 nitrogen and oxygen atoms in total. The number of aryl methyl sites for hydroxylation is 1. The zero-order valence-electron chi connectivity index (χ0n) is 20.1. The highest BCUT2D eigenvalue weighted by molar-refractivity contribution is 7.91. The number of hydrogen-bond donors (Lipinski definition) is 3. The first-order valence-electron chi connectivity index (χ1n) is 11.0. The molecule has 0 saturated carbocycles. The van der Waals surface area contributed by atoms with Crippen LogP contribution in [0.15, 0.2) is 81.9 Å². The number of rotatable bonds is 12. The molecule has 37 heavy (non-hydrogen) atoms. The number of pyridine rings is 1. The van der Waals surface area contributed by atoms with E-state index in [1.165, 1.54) is 42.7 Å². The van der Waals surface area contributed by atoms with Gasteiger partial charge in [-0.1, -0.05) is 19.1 Å². The van der Waals surface area contributed by atoms with E-state index in [-0.39, 0.29) is 24.0 Å². The van der Waals surface area contributed by atoms with E-state index in [1.807, 2.05) is 6.92 Å². The van der Waals surface area contributed by atoms with Crippen LogP contribution in [0.4, 0.5) is 0 Å². The Morgan fingerprint density at radius 3 is 2.38 bits per heavy atom. The second-order valence-corrected chi connectivity index (χ2v) is 10.9. The number of nitrogens with zero attached hydrogens (tertiary/aromatic N) is 2. The molecule has 0 bridgehead atoms. The maximum absolute atomic E-state index is 13.1. The Morgan fingerprint density at radius 2 is 1.68 bits per heavy atom. The van der Waals surface area contributed by atoms with E-state index in [1.54, 1.807) is 25.1 Å². The molecular weight excluding hydrogens is 522 g/mol. The van der Waals surface area contributed by atoms with Crippen molar-refractivity contribution >= 4 is 26.1 Å². The lowest BCUT2D eigenvalue weighted by molar-refractivity contribution is 0.138. The summed E-state index contributed by atoms with van der Waals surface area (Å²) in [5, 5.41) is 3.61. The van der Waals surface area contributed by atoms with Crippen LogP contribution in [-0.2, 0) is 31.5 Å². The van der Waals surface area contributed by atoms with Crippen molar-refractivity contribution in [2.45, 2.75) is 36.6 Å². The largest absolute Gasteiger partial charge is 0.393 e. The van der Waals surface area contributed by atoms with E-state index < -0.39 is 29.9 Å². The van der Waals surface area contributed by atoms with Gasteiger partial charge in [-0.3, -0.25) is 4.98 Å². The molecule has 198 valence electrons. The number of benzene rings is 2. The molecule has 0 aliphatic rings. The Kier molecular flexibility index (Phi) is 9.27. The number of oxime groups is 1. The predicted octanol–water partition coefficient (Wildman–Crippen LogP) is 2.18. The molecule has 0 aliphatic heterocycles. The van der Waals surface area contributed by atoms with Crippen LogP contribution in [0.5, 0.6) is 11.5 Å². The molecule has 0 spiro atoms. The molecule has 0 radical (unpaired) electrons. The van der Waals surface area contributed by atoms with Crippen LogP contribution in [0, 0.1) is 6.92 Å². The van der Waals surface area contributed by atoms with Gasteiger partial charge in [0.1, 0.15) is 22.1 Å². The molecule has 2 aromatic carbocycles. The molecular formula is C23H27N5O7S2. The Morgan fingerprint density at radius 1 is 1.00 bits per heavy atom. The topological polar surface area (TPSA) is 171 Å². The lowest BCUT2D eigenvalue weighted by atomic mass is 10.2. The molecule has 0 atom stereocenters. The van der Waals surface area contributed by atoms with Crippen molar-refractivity contribution < 1.29 is 30.7 Å². The highest BCUT2D eigenvalue weighted by Crippen LogP contribution is 2.28.